The Hall–Kier alpha value is -0.130. The van der Waals surface area contributed by atoms with E-state index in [1.54, 1.807) is 0 Å². The van der Waals surface area contributed by atoms with Crippen molar-refractivity contribution < 1.29 is 18.1 Å². The molecule has 4 nitrogen and oxygen atoms in total. The summed E-state index contributed by atoms with van der Waals surface area (Å²) < 4.78 is 32.5. The lowest BCUT2D eigenvalue weighted by molar-refractivity contribution is 0.147. The Kier molecular flexibility index (Phi) is 16.0. The second kappa shape index (κ2) is 16.1. The van der Waals surface area contributed by atoms with Crippen LogP contribution in [0.2, 0.25) is 0 Å². The first kappa shape index (κ1) is 24.9. The molecule has 0 saturated heterocycles. The Morgan fingerprint density at radius 1 is 0.640 bits per heavy atom. The molecule has 0 aromatic carbocycles. The van der Waals surface area contributed by atoms with Gasteiger partial charge in [-0.2, -0.15) is 8.42 Å². The summed E-state index contributed by atoms with van der Waals surface area (Å²) in [6.45, 7) is 4.36. The van der Waals surface area contributed by atoms with Crippen LogP contribution < -0.4 is 0 Å². The first-order valence-electron chi connectivity index (χ1n) is 10.6. The van der Waals surface area contributed by atoms with Gasteiger partial charge in [-0.15, -0.1) is 0 Å². The molecule has 5 heteroatoms. The maximum absolute atomic E-state index is 11.6. The van der Waals surface area contributed by atoms with Crippen molar-refractivity contribution in [1.29, 1.82) is 0 Å². The van der Waals surface area contributed by atoms with Gasteiger partial charge in [-0.1, -0.05) is 90.9 Å². The Morgan fingerprint density at radius 3 is 1.60 bits per heavy atom. The van der Waals surface area contributed by atoms with Gasteiger partial charge in [0.15, 0.2) is 0 Å². The first-order valence-corrected chi connectivity index (χ1v) is 12.1. The van der Waals surface area contributed by atoms with Crippen molar-refractivity contribution in [3.8, 4) is 0 Å². The summed E-state index contributed by atoms with van der Waals surface area (Å²) in [5.74, 6) is 0. The van der Waals surface area contributed by atoms with Crippen molar-refractivity contribution in [3.63, 3.8) is 0 Å². The van der Waals surface area contributed by atoms with E-state index in [4.69, 9.17) is 0 Å². The van der Waals surface area contributed by atoms with Gasteiger partial charge < -0.3 is 5.11 Å². The molecule has 0 amide bonds. The van der Waals surface area contributed by atoms with Crippen molar-refractivity contribution in [2.45, 2.75) is 128 Å². The smallest absolute Gasteiger partial charge is 0.267 e. The summed E-state index contributed by atoms with van der Waals surface area (Å²) in [6.07, 6.45) is 15.4. The molecule has 2 unspecified atom stereocenters. The van der Waals surface area contributed by atoms with Crippen LogP contribution in [0.1, 0.15) is 117 Å². The zero-order chi connectivity index (χ0) is 19.0. The Morgan fingerprint density at radius 2 is 1.08 bits per heavy atom. The molecule has 0 spiro atoms. The molecule has 0 aliphatic heterocycles. The summed E-state index contributed by atoms with van der Waals surface area (Å²) in [5.41, 5.74) is 0. The number of aliphatic hydroxyl groups is 1. The van der Waals surface area contributed by atoms with Gasteiger partial charge in [0.2, 0.25) is 0 Å². The molecule has 0 bridgehead atoms. The van der Waals surface area contributed by atoms with Gasteiger partial charge in [-0.3, -0.25) is 4.55 Å². The van der Waals surface area contributed by atoms with Crippen LogP contribution in [-0.4, -0.2) is 29.4 Å². The van der Waals surface area contributed by atoms with Crippen LogP contribution in [-0.2, 0) is 10.1 Å². The minimum atomic E-state index is -4.01. The van der Waals surface area contributed by atoms with E-state index in [2.05, 4.69) is 13.8 Å². The maximum atomic E-state index is 11.6. The van der Waals surface area contributed by atoms with E-state index in [1.807, 2.05) is 0 Å². The quantitative estimate of drug-likeness (QED) is 0.230. The fraction of sp³-hybridized carbons (Fsp3) is 1.00. The molecule has 0 heterocycles. The highest BCUT2D eigenvalue weighted by Gasteiger charge is 2.23. The Bertz CT molecular complexity index is 381. The van der Waals surface area contributed by atoms with E-state index in [-0.39, 0.29) is 0 Å². The minimum absolute atomic E-state index is 0.365. The predicted octanol–water partition coefficient (Wildman–Crippen LogP) is 5.89. The Labute approximate surface area is 156 Å². The van der Waals surface area contributed by atoms with Crippen LogP contribution in [0, 0.1) is 0 Å². The van der Waals surface area contributed by atoms with Crippen molar-refractivity contribution in [3.05, 3.63) is 0 Å². The highest BCUT2D eigenvalue weighted by Crippen LogP contribution is 2.19. The number of unbranched alkanes of at least 4 members (excludes halogenated alkanes) is 10. The van der Waals surface area contributed by atoms with Gasteiger partial charge in [-0.05, 0) is 25.7 Å². The van der Waals surface area contributed by atoms with Crippen molar-refractivity contribution in [2.75, 3.05) is 0 Å². The van der Waals surface area contributed by atoms with Gasteiger partial charge in [0.25, 0.3) is 10.1 Å². The van der Waals surface area contributed by atoms with Gasteiger partial charge in [0.1, 0.15) is 0 Å². The third-order valence-corrected chi connectivity index (χ3v) is 6.33. The molecule has 0 aliphatic rings. The lowest BCUT2D eigenvalue weighted by Gasteiger charge is -2.16. The van der Waals surface area contributed by atoms with E-state index in [0.29, 0.717) is 19.3 Å². The van der Waals surface area contributed by atoms with Gasteiger partial charge in [-0.25, -0.2) is 0 Å². The first-order chi connectivity index (χ1) is 11.9. The number of aliphatic hydroxyl groups excluding tert-OH is 1. The third-order valence-electron chi connectivity index (χ3n) is 5.01. The van der Waals surface area contributed by atoms with E-state index >= 15 is 0 Å². The molecule has 0 aliphatic carbocycles. The topological polar surface area (TPSA) is 74.6 Å². The van der Waals surface area contributed by atoms with E-state index in [1.165, 1.54) is 44.9 Å². The van der Waals surface area contributed by atoms with Crippen LogP contribution in [0.15, 0.2) is 0 Å². The second-order valence-corrected chi connectivity index (χ2v) is 9.18. The molecule has 0 fully saturated rings. The van der Waals surface area contributed by atoms with Gasteiger partial charge >= 0.3 is 0 Å². The summed E-state index contributed by atoms with van der Waals surface area (Å²) in [4.78, 5) is 0. The van der Waals surface area contributed by atoms with Crippen molar-refractivity contribution in [2.24, 2.45) is 0 Å². The largest absolute Gasteiger partial charge is 0.393 e. The molecule has 152 valence electrons. The molecule has 0 radical (unpaired) electrons. The van der Waals surface area contributed by atoms with Gasteiger partial charge in [0.05, 0.1) is 11.4 Å². The van der Waals surface area contributed by atoms with E-state index in [0.717, 1.165) is 38.5 Å². The summed E-state index contributed by atoms with van der Waals surface area (Å²) >= 11 is 0. The molecule has 0 saturated carbocycles. The summed E-state index contributed by atoms with van der Waals surface area (Å²) in [5, 5.41) is 9.29. The van der Waals surface area contributed by atoms with E-state index in [9.17, 15) is 18.1 Å². The number of hydrogen-bond acceptors (Lipinski definition) is 3. The second-order valence-electron chi connectivity index (χ2n) is 7.48. The molecular weight excluding hydrogens is 336 g/mol. The molecule has 0 rings (SSSR count). The highest BCUT2D eigenvalue weighted by molar-refractivity contribution is 7.86. The third kappa shape index (κ3) is 15.8. The average molecular weight is 379 g/mol. The zero-order valence-corrected chi connectivity index (χ0v) is 17.4. The molecule has 2 N–H and O–H groups in total. The fourth-order valence-corrected chi connectivity index (χ4v) is 4.18. The average Bonchev–Trinajstić information content (AvgIpc) is 2.55. The standard InChI is InChI=1S/C20H42O4S/c1-3-5-7-9-10-11-12-14-16-20(25(22,23)24)18-17-19(21)15-13-8-6-4-2/h19-21H,3-18H2,1-2H3,(H,22,23,24). The Balaban J connectivity index is 3.90. The van der Waals surface area contributed by atoms with Crippen LogP contribution in [0.5, 0.6) is 0 Å². The minimum Gasteiger partial charge on any atom is -0.393 e. The number of hydrogen-bond donors (Lipinski definition) is 2. The van der Waals surface area contributed by atoms with E-state index < -0.39 is 21.5 Å². The number of rotatable bonds is 18. The summed E-state index contributed by atoms with van der Waals surface area (Å²) in [7, 11) is -4.01. The lowest BCUT2D eigenvalue weighted by atomic mass is 10.0. The SMILES string of the molecule is CCCCCCCCCCC(CCC(O)CCCCCC)S(=O)(=O)O. The van der Waals surface area contributed by atoms with Gasteiger partial charge in [0, 0.05) is 0 Å². The summed E-state index contributed by atoms with van der Waals surface area (Å²) in [6, 6.07) is 0. The molecule has 0 aromatic heterocycles. The van der Waals surface area contributed by atoms with Crippen LogP contribution in [0.4, 0.5) is 0 Å². The normalized spacial score (nSPS) is 14.6. The zero-order valence-electron chi connectivity index (χ0n) is 16.6. The van der Waals surface area contributed by atoms with Crippen LogP contribution in [0.25, 0.3) is 0 Å². The molecule has 2 atom stereocenters. The monoisotopic (exact) mass is 378 g/mol. The molecule has 0 aromatic rings. The van der Waals surface area contributed by atoms with Crippen molar-refractivity contribution >= 4 is 10.1 Å². The van der Waals surface area contributed by atoms with Crippen LogP contribution in [0.3, 0.4) is 0 Å². The van der Waals surface area contributed by atoms with Crippen LogP contribution >= 0.6 is 0 Å². The highest BCUT2D eigenvalue weighted by atomic mass is 32.2. The fourth-order valence-electron chi connectivity index (χ4n) is 3.28. The molecular formula is C20H42O4S. The maximum Gasteiger partial charge on any atom is 0.267 e. The molecule has 25 heavy (non-hydrogen) atoms. The van der Waals surface area contributed by atoms with Crippen molar-refractivity contribution in [1.82, 2.24) is 0 Å². The predicted molar refractivity (Wildman–Crippen MR) is 107 cm³/mol. The lowest BCUT2D eigenvalue weighted by Crippen LogP contribution is -2.22.